The van der Waals surface area contributed by atoms with Gasteiger partial charge in [0, 0.05) is 37.4 Å². The average Bonchev–Trinajstić information content (AvgIpc) is 2.99. The lowest BCUT2D eigenvalue weighted by molar-refractivity contribution is 0.0987. The molecule has 0 saturated heterocycles. The monoisotopic (exact) mass is 729 g/mol. The molecule has 0 aliphatic heterocycles. The summed E-state index contributed by atoms with van der Waals surface area (Å²) in [6, 6.07) is 9.57. The third kappa shape index (κ3) is 8.65. The van der Waals surface area contributed by atoms with Crippen LogP contribution in [0.1, 0.15) is 29.3 Å². The van der Waals surface area contributed by atoms with Crippen LogP contribution in [-0.4, -0.2) is 53.5 Å². The number of aromatic nitrogens is 2. The Labute approximate surface area is 276 Å². The van der Waals surface area contributed by atoms with Gasteiger partial charge >= 0.3 is 15.2 Å². The number of anilines is 1. The molecule has 0 fully saturated rings. The Morgan fingerprint density at radius 3 is 2.31 bits per heavy atom. The fraction of sp³-hybridized carbons (Fsp3) is 0.207. The van der Waals surface area contributed by atoms with Crippen LogP contribution < -0.4 is 25.5 Å². The second-order valence-electron chi connectivity index (χ2n) is 10.0. The van der Waals surface area contributed by atoms with Gasteiger partial charge in [-0.2, -0.15) is 0 Å². The Kier molecular flexibility index (Phi) is 11.4. The summed E-state index contributed by atoms with van der Waals surface area (Å²) in [6.45, 7) is 1.02. The summed E-state index contributed by atoms with van der Waals surface area (Å²) in [5.41, 5.74) is 4.56. The van der Waals surface area contributed by atoms with E-state index < -0.39 is 74.3 Å². The average molecular weight is 730 g/mol. The third-order valence-electron chi connectivity index (χ3n) is 6.70. The van der Waals surface area contributed by atoms with Crippen molar-refractivity contribution in [2.24, 2.45) is 0 Å². The minimum Gasteiger partial charge on any atom is -0.493 e. The number of nitrogens with zero attached hydrogens (tertiary/aromatic N) is 2. The Morgan fingerprint density at radius 1 is 0.958 bits per heavy atom. The second kappa shape index (κ2) is 15.0. The maximum Gasteiger partial charge on any atom is 0.340 e. The molecule has 0 unspecified atom stereocenters. The molecule has 0 spiro atoms. The molecule has 0 atom stereocenters. The molecule has 0 radical (unpaired) electrons. The highest BCUT2D eigenvalue weighted by molar-refractivity contribution is 7.70. The molecule has 0 aliphatic carbocycles. The van der Waals surface area contributed by atoms with Gasteiger partial charge in [0.2, 0.25) is 0 Å². The van der Waals surface area contributed by atoms with Gasteiger partial charge < -0.3 is 39.5 Å². The zero-order chi connectivity index (χ0) is 35.4. The molecule has 48 heavy (non-hydrogen) atoms. The minimum absolute atomic E-state index is 0.00187. The molecular formula is C29H28ClF2N3O11P2. The Bertz CT molecular complexity index is 1980. The van der Waals surface area contributed by atoms with Gasteiger partial charge in [0.05, 0.1) is 18.9 Å². The normalized spacial score (nSPS) is 11.9. The zero-order valence-corrected chi connectivity index (χ0v) is 27.4. The number of halogens is 3. The van der Waals surface area contributed by atoms with Crippen LogP contribution in [0.2, 0.25) is 5.02 Å². The van der Waals surface area contributed by atoms with E-state index in [1.54, 1.807) is 6.92 Å². The highest BCUT2D eigenvalue weighted by atomic mass is 35.5. The molecule has 0 amide bonds. The van der Waals surface area contributed by atoms with E-state index >= 15 is 0 Å². The van der Waals surface area contributed by atoms with Crippen LogP contribution in [-0.2, 0) is 15.6 Å². The van der Waals surface area contributed by atoms with Crippen molar-refractivity contribution in [1.29, 1.82) is 0 Å². The van der Waals surface area contributed by atoms with Crippen LogP contribution >= 0.6 is 26.8 Å². The van der Waals surface area contributed by atoms with Crippen molar-refractivity contribution in [1.82, 2.24) is 9.55 Å². The second-order valence-corrected chi connectivity index (χ2v) is 14.4. The lowest BCUT2D eigenvalue weighted by Crippen LogP contribution is -2.27. The van der Waals surface area contributed by atoms with Gasteiger partial charge in [-0.25, -0.2) is 13.8 Å². The van der Waals surface area contributed by atoms with E-state index in [-0.39, 0.29) is 45.9 Å². The fourth-order valence-corrected chi connectivity index (χ4v) is 7.06. The molecule has 0 bridgehead atoms. The van der Waals surface area contributed by atoms with Crippen molar-refractivity contribution < 1.29 is 56.5 Å². The number of rotatable bonds is 14. The number of carbonyl (C=O) groups is 1. The topological polar surface area (TPSA) is 221 Å². The molecule has 0 saturated carbocycles. The molecule has 256 valence electrons. The first-order valence-electron chi connectivity index (χ1n) is 13.8. The fourth-order valence-electron chi connectivity index (χ4n) is 4.46. The summed E-state index contributed by atoms with van der Waals surface area (Å²) < 4.78 is 69.8. The first-order chi connectivity index (χ1) is 22.5. The number of benzene rings is 2. The van der Waals surface area contributed by atoms with Gasteiger partial charge in [0.15, 0.2) is 40.1 Å². The molecule has 14 nitrogen and oxygen atoms in total. The van der Waals surface area contributed by atoms with Gasteiger partial charge in [0.1, 0.15) is 22.2 Å². The van der Waals surface area contributed by atoms with E-state index in [1.807, 2.05) is 0 Å². The Balaban J connectivity index is 1.59. The van der Waals surface area contributed by atoms with Gasteiger partial charge in [-0.1, -0.05) is 17.7 Å². The highest BCUT2D eigenvalue weighted by Gasteiger charge is 2.43. The quantitative estimate of drug-likeness (QED) is 0.0870. The van der Waals surface area contributed by atoms with Crippen molar-refractivity contribution in [3.8, 4) is 28.7 Å². The summed E-state index contributed by atoms with van der Waals surface area (Å²) >= 11 is 6.05. The molecule has 19 heteroatoms. The van der Waals surface area contributed by atoms with Gasteiger partial charge in [-0.05, 0) is 42.8 Å². The summed E-state index contributed by atoms with van der Waals surface area (Å²) in [4.78, 5) is 68.1. The first-order valence-corrected chi connectivity index (χ1v) is 17.6. The van der Waals surface area contributed by atoms with E-state index in [1.165, 1.54) is 42.7 Å². The Morgan fingerprint density at radius 2 is 1.67 bits per heavy atom. The third-order valence-corrected chi connectivity index (χ3v) is 11.0. The Hall–Kier alpha value is -4.14. The van der Waals surface area contributed by atoms with Gasteiger partial charge in [-0.15, -0.1) is 0 Å². The van der Waals surface area contributed by atoms with Crippen LogP contribution in [0.3, 0.4) is 0 Å². The van der Waals surface area contributed by atoms with Crippen LogP contribution in [0.5, 0.6) is 23.0 Å². The van der Waals surface area contributed by atoms with E-state index in [0.29, 0.717) is 0 Å². The largest absolute Gasteiger partial charge is 0.493 e. The van der Waals surface area contributed by atoms with E-state index in [4.69, 9.17) is 31.5 Å². The number of hydrogen-bond acceptors (Lipinski definition) is 9. The number of hydrogen-bond donors (Lipinski definition) is 5. The molecule has 2 heterocycles. The van der Waals surface area contributed by atoms with Gasteiger partial charge in [0.25, 0.3) is 5.56 Å². The van der Waals surface area contributed by atoms with Crippen molar-refractivity contribution in [3.05, 3.63) is 99.1 Å². The number of ketones is 1. The first kappa shape index (κ1) is 36.7. The lowest BCUT2D eigenvalue weighted by atomic mass is 10.0. The van der Waals surface area contributed by atoms with Crippen LogP contribution in [0.4, 0.5) is 14.6 Å². The molecule has 4 rings (SSSR count). The smallest absolute Gasteiger partial charge is 0.340 e. The predicted octanol–water partition coefficient (Wildman–Crippen LogP) is 4.81. The van der Waals surface area contributed by atoms with Crippen LogP contribution in [0, 0.1) is 11.6 Å². The minimum atomic E-state index is -5.23. The summed E-state index contributed by atoms with van der Waals surface area (Å²) in [7, 11) is -10.5. The lowest BCUT2D eigenvalue weighted by Gasteiger charge is -2.19. The van der Waals surface area contributed by atoms with Crippen molar-refractivity contribution in [2.75, 3.05) is 18.9 Å². The van der Waals surface area contributed by atoms with Crippen LogP contribution in [0.15, 0.2) is 65.7 Å². The summed E-state index contributed by atoms with van der Waals surface area (Å²) in [5, 5.41) is -2.39. The maximum absolute atomic E-state index is 15.0. The van der Waals surface area contributed by atoms with Crippen LogP contribution in [0.25, 0.3) is 5.69 Å². The van der Waals surface area contributed by atoms with Crippen molar-refractivity contribution in [2.45, 2.75) is 25.2 Å². The predicted molar refractivity (Wildman–Crippen MR) is 169 cm³/mol. The highest BCUT2D eigenvalue weighted by Crippen LogP contribution is 2.61. The molecule has 2 aromatic heterocycles. The van der Waals surface area contributed by atoms with Gasteiger partial charge in [-0.3, -0.25) is 23.3 Å². The summed E-state index contributed by atoms with van der Waals surface area (Å²) in [5.74, 6) is -3.29. The molecule has 2 aromatic carbocycles. The summed E-state index contributed by atoms with van der Waals surface area (Å²) in [6.07, 6.45) is 1.32. The number of carbonyl (C=O) groups excluding carboxylic acids is 1. The molecule has 0 aliphatic rings. The SMILES string of the molecule is CCOc1ccn(-c2ccc(F)c(OCCC(P(=O)(O)O)P(=O)(O)O)c2)c(=O)c1C(=O)Cc1ccc(Oc2ccnc(N)c2Cl)c(F)c1. The number of pyridine rings is 2. The van der Waals surface area contributed by atoms with Crippen molar-refractivity contribution >= 4 is 38.4 Å². The standard InChI is InChI=1S/C29H28ClF2N3O11P2/c1-2-44-22-8-11-35(17-4-5-18(31)24(15-17)45-12-9-25(47(38,39)40)48(41,42)43)29(37)26(22)20(36)14-16-3-6-21(19(32)13-16)46-23-7-10-34-28(33)27(23)30/h3-8,10-11,13,15,25H,2,9,12,14H2,1H3,(H2,33,34)(H2,38,39,40)(H2,41,42,43). The van der Waals surface area contributed by atoms with E-state index in [9.17, 15) is 47.1 Å². The number of nitrogen functional groups attached to an aromatic ring is 1. The maximum atomic E-state index is 15.0. The number of ether oxygens (including phenoxy) is 3. The molecular weight excluding hydrogens is 702 g/mol. The van der Waals surface area contributed by atoms with E-state index in [2.05, 4.69) is 4.98 Å². The number of nitrogens with two attached hydrogens (primary N) is 1. The molecule has 6 N–H and O–H groups in total. The van der Waals surface area contributed by atoms with Crippen molar-refractivity contribution in [3.63, 3.8) is 0 Å². The molecule has 4 aromatic rings. The number of Topliss-reactive ketones (excluding diaryl/α,β-unsaturated/α-hetero) is 1. The zero-order valence-electron chi connectivity index (χ0n) is 24.8. The van der Waals surface area contributed by atoms with E-state index in [0.717, 1.165) is 22.8 Å².